The van der Waals surface area contributed by atoms with Gasteiger partial charge in [0.25, 0.3) is 0 Å². The van der Waals surface area contributed by atoms with Gasteiger partial charge in [-0.2, -0.15) is 0 Å². The monoisotopic (exact) mass is 186 g/mol. The van der Waals surface area contributed by atoms with Gasteiger partial charge in [-0.05, 0) is 17.5 Å². The summed E-state index contributed by atoms with van der Waals surface area (Å²) >= 11 is 0. The van der Waals surface area contributed by atoms with Crippen molar-refractivity contribution in [1.29, 1.82) is 0 Å². The molecule has 1 aliphatic rings. The van der Waals surface area contributed by atoms with E-state index in [2.05, 4.69) is 24.8 Å². The van der Waals surface area contributed by atoms with Crippen LogP contribution < -0.4 is 0 Å². The molecule has 0 saturated heterocycles. The Morgan fingerprint density at radius 2 is 2.00 bits per heavy atom. The van der Waals surface area contributed by atoms with Crippen LogP contribution >= 0.6 is 0 Å². The number of rotatable bonds is 2. The summed E-state index contributed by atoms with van der Waals surface area (Å²) in [6.45, 7) is 3.71. The van der Waals surface area contributed by atoms with Crippen molar-refractivity contribution in [3.63, 3.8) is 0 Å². The number of hydrogen-bond donors (Lipinski definition) is 1. The highest BCUT2D eigenvalue weighted by atomic mass is 16.3. The Morgan fingerprint density at radius 3 is 2.50 bits per heavy atom. The van der Waals surface area contributed by atoms with Crippen molar-refractivity contribution in [2.75, 3.05) is 0 Å². The second-order valence-corrected chi connectivity index (χ2v) is 3.63. The minimum atomic E-state index is -0.246. The van der Waals surface area contributed by atoms with Gasteiger partial charge in [-0.15, -0.1) is 0 Å². The number of aliphatic hydroxyl groups is 1. The summed E-state index contributed by atoms with van der Waals surface area (Å²) in [5.74, 6) is 0.175. The van der Waals surface area contributed by atoms with Crippen LogP contribution in [0.25, 0.3) is 6.08 Å². The summed E-state index contributed by atoms with van der Waals surface area (Å²) in [5.41, 5.74) is 2.29. The average molecular weight is 186 g/mol. The van der Waals surface area contributed by atoms with E-state index in [-0.39, 0.29) is 12.0 Å². The molecular weight excluding hydrogens is 172 g/mol. The molecule has 0 saturated carbocycles. The summed E-state index contributed by atoms with van der Waals surface area (Å²) in [5, 5.41) is 9.69. The van der Waals surface area contributed by atoms with Gasteiger partial charge in [-0.1, -0.05) is 49.1 Å². The molecule has 2 rings (SSSR count). The van der Waals surface area contributed by atoms with E-state index < -0.39 is 0 Å². The first kappa shape index (κ1) is 9.22. The maximum absolute atomic E-state index is 9.69. The minimum Gasteiger partial charge on any atom is -0.392 e. The van der Waals surface area contributed by atoms with Crippen LogP contribution in [0.3, 0.4) is 0 Å². The third-order valence-electron chi connectivity index (χ3n) is 2.69. The fourth-order valence-corrected chi connectivity index (χ4v) is 1.83. The molecule has 0 aliphatic heterocycles. The first-order valence-corrected chi connectivity index (χ1v) is 4.88. The molecule has 0 amide bonds. The van der Waals surface area contributed by atoms with E-state index in [1.165, 1.54) is 5.56 Å². The van der Waals surface area contributed by atoms with E-state index in [0.29, 0.717) is 0 Å². The molecule has 1 aromatic rings. The third-order valence-corrected chi connectivity index (χ3v) is 2.69. The molecule has 0 spiro atoms. The lowest BCUT2D eigenvalue weighted by Gasteiger charge is -2.13. The largest absolute Gasteiger partial charge is 0.392 e. The van der Waals surface area contributed by atoms with Gasteiger partial charge in [0.15, 0.2) is 0 Å². The Hall–Kier alpha value is -1.34. The lowest BCUT2D eigenvalue weighted by atomic mass is 9.95. The van der Waals surface area contributed by atoms with Crippen LogP contribution in [0.5, 0.6) is 0 Å². The van der Waals surface area contributed by atoms with Gasteiger partial charge < -0.3 is 5.11 Å². The third kappa shape index (κ3) is 1.64. The first-order chi connectivity index (χ1) is 6.81. The van der Waals surface area contributed by atoms with Gasteiger partial charge in [-0.25, -0.2) is 0 Å². The van der Waals surface area contributed by atoms with Gasteiger partial charge >= 0.3 is 0 Å². The molecule has 72 valence electrons. The molecule has 0 bridgehead atoms. The zero-order chi connectivity index (χ0) is 9.97. The highest BCUT2D eigenvalue weighted by Gasteiger charge is 2.21. The van der Waals surface area contributed by atoms with E-state index in [0.717, 1.165) is 12.0 Å². The quantitative estimate of drug-likeness (QED) is 0.704. The summed E-state index contributed by atoms with van der Waals surface area (Å²) in [6.07, 6.45) is 6.47. The Morgan fingerprint density at radius 1 is 1.29 bits per heavy atom. The van der Waals surface area contributed by atoms with E-state index in [4.69, 9.17) is 0 Å². The maximum Gasteiger partial charge on any atom is 0.0677 e. The molecule has 1 N–H and O–H groups in total. The highest BCUT2D eigenvalue weighted by Crippen LogP contribution is 2.28. The predicted octanol–water partition coefficient (Wildman–Crippen LogP) is 2.73. The van der Waals surface area contributed by atoms with Crippen LogP contribution in [0.15, 0.2) is 43.0 Å². The van der Waals surface area contributed by atoms with Crippen molar-refractivity contribution < 1.29 is 5.11 Å². The molecule has 0 radical (unpaired) electrons. The smallest absolute Gasteiger partial charge is 0.0677 e. The summed E-state index contributed by atoms with van der Waals surface area (Å²) in [7, 11) is 0. The minimum absolute atomic E-state index is 0.175. The zero-order valence-electron chi connectivity index (χ0n) is 8.06. The van der Waals surface area contributed by atoms with E-state index in [1.54, 1.807) is 0 Å². The maximum atomic E-state index is 9.69. The topological polar surface area (TPSA) is 20.2 Å². The van der Waals surface area contributed by atoms with Crippen molar-refractivity contribution in [3.05, 3.63) is 54.1 Å². The molecule has 0 unspecified atom stereocenters. The molecule has 0 fully saturated rings. The lowest BCUT2D eigenvalue weighted by Crippen LogP contribution is -2.11. The average Bonchev–Trinajstić information content (AvgIpc) is 2.65. The molecule has 1 aliphatic carbocycles. The molecular formula is C13H14O. The van der Waals surface area contributed by atoms with Crippen LogP contribution in [0, 0.1) is 0 Å². The van der Waals surface area contributed by atoms with Crippen molar-refractivity contribution in [3.8, 4) is 0 Å². The lowest BCUT2D eigenvalue weighted by molar-refractivity contribution is 0.171. The van der Waals surface area contributed by atoms with Gasteiger partial charge in [0.2, 0.25) is 0 Å². The standard InChI is InChI=1S/C13H14O/c1-2-10-6-8-11(9-7-10)12-4-3-5-13(12)14/h2-4,6-9,12-14H,1,5H2/t12-,13+/m0/s1. The molecule has 1 heteroatoms. The number of aliphatic hydroxyl groups excluding tert-OH is 1. The second kappa shape index (κ2) is 3.81. The Kier molecular flexibility index (Phi) is 2.51. The molecule has 1 aromatic carbocycles. The van der Waals surface area contributed by atoms with Crippen molar-refractivity contribution in [1.82, 2.24) is 0 Å². The Bertz CT molecular complexity index is 348. The second-order valence-electron chi connectivity index (χ2n) is 3.63. The predicted molar refractivity (Wildman–Crippen MR) is 59.0 cm³/mol. The van der Waals surface area contributed by atoms with Crippen LogP contribution in [0.2, 0.25) is 0 Å². The summed E-state index contributed by atoms with van der Waals surface area (Å²) < 4.78 is 0. The number of benzene rings is 1. The van der Waals surface area contributed by atoms with Gasteiger partial charge in [0.1, 0.15) is 0 Å². The van der Waals surface area contributed by atoms with Gasteiger partial charge in [0, 0.05) is 5.92 Å². The zero-order valence-corrected chi connectivity index (χ0v) is 8.06. The van der Waals surface area contributed by atoms with E-state index in [1.807, 2.05) is 24.3 Å². The Balaban J connectivity index is 2.24. The fourth-order valence-electron chi connectivity index (χ4n) is 1.83. The van der Waals surface area contributed by atoms with Crippen LogP contribution in [0.4, 0.5) is 0 Å². The fraction of sp³-hybridized carbons (Fsp3) is 0.231. The molecule has 2 atom stereocenters. The van der Waals surface area contributed by atoms with Gasteiger partial charge in [-0.3, -0.25) is 0 Å². The molecule has 1 nitrogen and oxygen atoms in total. The van der Waals surface area contributed by atoms with Crippen molar-refractivity contribution in [2.24, 2.45) is 0 Å². The molecule has 0 heterocycles. The number of hydrogen-bond acceptors (Lipinski definition) is 1. The van der Waals surface area contributed by atoms with E-state index in [9.17, 15) is 5.11 Å². The Labute approximate surface area is 84.4 Å². The van der Waals surface area contributed by atoms with Gasteiger partial charge in [0.05, 0.1) is 6.10 Å². The normalized spacial score (nSPS) is 25.2. The van der Waals surface area contributed by atoms with E-state index >= 15 is 0 Å². The summed E-state index contributed by atoms with van der Waals surface area (Å²) in [6, 6.07) is 8.17. The molecule has 14 heavy (non-hydrogen) atoms. The molecule has 0 aromatic heterocycles. The van der Waals surface area contributed by atoms with Crippen LogP contribution in [-0.4, -0.2) is 11.2 Å². The highest BCUT2D eigenvalue weighted by molar-refractivity contribution is 5.48. The van der Waals surface area contributed by atoms with Crippen molar-refractivity contribution in [2.45, 2.75) is 18.4 Å². The SMILES string of the molecule is C=Cc1ccc([C@@H]2C=CC[C@H]2O)cc1. The first-order valence-electron chi connectivity index (χ1n) is 4.88. The van der Waals surface area contributed by atoms with Crippen LogP contribution in [-0.2, 0) is 0 Å². The summed E-state index contributed by atoms with van der Waals surface area (Å²) in [4.78, 5) is 0. The van der Waals surface area contributed by atoms with Crippen LogP contribution in [0.1, 0.15) is 23.5 Å². The van der Waals surface area contributed by atoms with Crippen molar-refractivity contribution >= 4 is 6.08 Å².